The van der Waals surface area contributed by atoms with Gasteiger partial charge in [0.1, 0.15) is 0 Å². The molecule has 1 unspecified atom stereocenters. The van der Waals surface area contributed by atoms with Crippen molar-refractivity contribution >= 4 is 23.2 Å². The van der Waals surface area contributed by atoms with Gasteiger partial charge in [-0.1, -0.05) is 41.4 Å². The smallest absolute Gasteiger partial charge is 0.0408 e. The van der Waals surface area contributed by atoms with Gasteiger partial charge in [-0.25, -0.2) is 0 Å². The molecule has 0 aliphatic rings. The molecule has 0 spiro atoms. The van der Waals surface area contributed by atoms with Gasteiger partial charge in [0.15, 0.2) is 0 Å². The second-order valence-electron chi connectivity index (χ2n) is 4.44. The zero-order chi connectivity index (χ0) is 13.1. The highest BCUT2D eigenvalue weighted by Crippen LogP contribution is 2.23. The molecule has 0 aliphatic heterocycles. The Morgan fingerprint density at radius 3 is 2.44 bits per heavy atom. The first-order valence-corrected chi connectivity index (χ1v) is 6.58. The summed E-state index contributed by atoms with van der Waals surface area (Å²) in [4.78, 5) is 0. The molecule has 0 fully saturated rings. The molecule has 2 aromatic carbocycles. The second kappa shape index (κ2) is 5.75. The number of rotatable bonds is 3. The third-order valence-electron chi connectivity index (χ3n) is 2.98. The van der Waals surface area contributed by atoms with Gasteiger partial charge in [-0.05, 0) is 54.3 Å². The molecule has 2 aromatic rings. The summed E-state index contributed by atoms with van der Waals surface area (Å²) in [5.74, 6) is 0. The van der Waals surface area contributed by atoms with Crippen molar-refractivity contribution in [2.75, 3.05) is 0 Å². The van der Waals surface area contributed by atoms with E-state index in [9.17, 15) is 0 Å². The van der Waals surface area contributed by atoms with Crippen molar-refractivity contribution in [1.82, 2.24) is 0 Å². The van der Waals surface area contributed by atoms with Crippen molar-refractivity contribution in [3.8, 4) is 0 Å². The molecule has 0 amide bonds. The Kier molecular flexibility index (Phi) is 4.28. The van der Waals surface area contributed by atoms with Gasteiger partial charge in [-0.15, -0.1) is 0 Å². The van der Waals surface area contributed by atoms with Crippen LogP contribution in [0.5, 0.6) is 0 Å². The highest BCUT2D eigenvalue weighted by molar-refractivity contribution is 6.30. The predicted octanol–water partition coefficient (Wildman–Crippen LogP) is 4.54. The minimum atomic E-state index is -0.0410. The van der Waals surface area contributed by atoms with Crippen LogP contribution < -0.4 is 5.73 Å². The van der Waals surface area contributed by atoms with Crippen molar-refractivity contribution in [2.45, 2.75) is 19.4 Å². The second-order valence-corrected chi connectivity index (χ2v) is 5.31. The zero-order valence-electron chi connectivity index (χ0n) is 10.2. The monoisotopic (exact) mass is 279 g/mol. The Balaban J connectivity index is 2.19. The van der Waals surface area contributed by atoms with E-state index in [0.29, 0.717) is 0 Å². The molecule has 1 nitrogen and oxygen atoms in total. The molecule has 0 saturated carbocycles. The first-order valence-electron chi connectivity index (χ1n) is 5.82. The lowest BCUT2D eigenvalue weighted by atomic mass is 9.96. The van der Waals surface area contributed by atoms with Crippen molar-refractivity contribution in [2.24, 2.45) is 5.73 Å². The third-order valence-corrected chi connectivity index (χ3v) is 3.45. The van der Waals surface area contributed by atoms with E-state index >= 15 is 0 Å². The normalized spacial score (nSPS) is 12.4. The molecule has 0 saturated heterocycles. The molecule has 0 aromatic heterocycles. The summed E-state index contributed by atoms with van der Waals surface area (Å²) in [6.45, 7) is 2.03. The van der Waals surface area contributed by atoms with Crippen LogP contribution in [0.1, 0.15) is 22.7 Å². The topological polar surface area (TPSA) is 26.0 Å². The highest BCUT2D eigenvalue weighted by atomic mass is 35.5. The largest absolute Gasteiger partial charge is 0.324 e. The van der Waals surface area contributed by atoms with Gasteiger partial charge < -0.3 is 5.73 Å². The van der Waals surface area contributed by atoms with E-state index in [0.717, 1.165) is 33.2 Å². The van der Waals surface area contributed by atoms with E-state index in [-0.39, 0.29) is 6.04 Å². The number of halogens is 2. The Labute approximate surface area is 118 Å². The van der Waals surface area contributed by atoms with Gasteiger partial charge in [0, 0.05) is 16.1 Å². The van der Waals surface area contributed by atoms with Crippen LogP contribution in [0.2, 0.25) is 10.0 Å². The number of nitrogens with two attached hydrogens (primary N) is 1. The van der Waals surface area contributed by atoms with Gasteiger partial charge in [0.2, 0.25) is 0 Å². The van der Waals surface area contributed by atoms with E-state index in [1.165, 1.54) is 0 Å². The van der Waals surface area contributed by atoms with Crippen LogP contribution in [0, 0.1) is 6.92 Å². The summed E-state index contributed by atoms with van der Waals surface area (Å²) in [5, 5.41) is 1.48. The first-order chi connectivity index (χ1) is 8.56. The van der Waals surface area contributed by atoms with Crippen molar-refractivity contribution < 1.29 is 0 Å². The Morgan fingerprint density at radius 2 is 1.78 bits per heavy atom. The van der Waals surface area contributed by atoms with E-state index < -0.39 is 0 Å². The Hall–Kier alpha value is -1.02. The number of benzene rings is 2. The summed E-state index contributed by atoms with van der Waals surface area (Å²) in [6.07, 6.45) is 0.767. The highest BCUT2D eigenvalue weighted by Gasteiger charge is 2.10. The molecule has 0 aliphatic carbocycles. The summed E-state index contributed by atoms with van der Waals surface area (Å²) < 4.78 is 0. The van der Waals surface area contributed by atoms with Crippen LogP contribution in [-0.2, 0) is 6.42 Å². The van der Waals surface area contributed by atoms with E-state index in [4.69, 9.17) is 28.9 Å². The maximum Gasteiger partial charge on any atom is 0.0408 e. The van der Waals surface area contributed by atoms with Crippen LogP contribution in [-0.4, -0.2) is 0 Å². The summed E-state index contributed by atoms with van der Waals surface area (Å²) in [6, 6.07) is 13.6. The van der Waals surface area contributed by atoms with E-state index in [1.54, 1.807) is 0 Å². The molecule has 94 valence electrons. The average molecular weight is 280 g/mol. The van der Waals surface area contributed by atoms with Crippen molar-refractivity contribution in [3.05, 3.63) is 69.2 Å². The standard InChI is InChI=1S/C15H15Cl2N/c1-10-7-13(17)5-6-14(10)15(18)9-11-3-2-4-12(16)8-11/h2-8,15H,9,18H2,1H3. The Morgan fingerprint density at radius 1 is 1.06 bits per heavy atom. The SMILES string of the molecule is Cc1cc(Cl)ccc1C(N)Cc1cccc(Cl)c1. The maximum absolute atomic E-state index is 6.24. The summed E-state index contributed by atoms with van der Waals surface area (Å²) in [7, 11) is 0. The first kappa shape index (κ1) is 13.4. The number of hydrogen-bond acceptors (Lipinski definition) is 1. The minimum absolute atomic E-state index is 0.0410. The molecule has 1 atom stereocenters. The molecule has 18 heavy (non-hydrogen) atoms. The van der Waals surface area contributed by atoms with E-state index in [2.05, 4.69) is 0 Å². The van der Waals surface area contributed by atoms with Crippen LogP contribution in [0.25, 0.3) is 0 Å². The fraction of sp³-hybridized carbons (Fsp3) is 0.200. The molecular formula is C15H15Cl2N. The third kappa shape index (κ3) is 3.26. The maximum atomic E-state index is 6.24. The number of hydrogen-bond donors (Lipinski definition) is 1. The average Bonchev–Trinajstić information content (AvgIpc) is 2.28. The van der Waals surface area contributed by atoms with Gasteiger partial charge in [0.05, 0.1) is 0 Å². The number of aryl methyl sites for hydroxylation is 1. The molecule has 0 radical (unpaired) electrons. The summed E-state index contributed by atoms with van der Waals surface area (Å²) >= 11 is 11.9. The lowest BCUT2D eigenvalue weighted by Gasteiger charge is -2.15. The molecule has 3 heteroatoms. The molecule has 0 bridgehead atoms. The van der Waals surface area contributed by atoms with Gasteiger partial charge in [-0.3, -0.25) is 0 Å². The van der Waals surface area contributed by atoms with Gasteiger partial charge >= 0.3 is 0 Å². The molecule has 2 N–H and O–H groups in total. The minimum Gasteiger partial charge on any atom is -0.324 e. The van der Waals surface area contributed by atoms with Crippen LogP contribution in [0.4, 0.5) is 0 Å². The van der Waals surface area contributed by atoms with Crippen molar-refractivity contribution in [1.29, 1.82) is 0 Å². The van der Waals surface area contributed by atoms with Gasteiger partial charge in [0.25, 0.3) is 0 Å². The quantitative estimate of drug-likeness (QED) is 0.877. The van der Waals surface area contributed by atoms with Crippen molar-refractivity contribution in [3.63, 3.8) is 0 Å². The van der Waals surface area contributed by atoms with Crippen LogP contribution in [0.15, 0.2) is 42.5 Å². The lowest BCUT2D eigenvalue weighted by Crippen LogP contribution is -2.14. The predicted molar refractivity (Wildman–Crippen MR) is 78.3 cm³/mol. The van der Waals surface area contributed by atoms with Gasteiger partial charge in [-0.2, -0.15) is 0 Å². The molecular weight excluding hydrogens is 265 g/mol. The lowest BCUT2D eigenvalue weighted by molar-refractivity contribution is 0.717. The fourth-order valence-corrected chi connectivity index (χ4v) is 2.52. The molecule has 2 rings (SSSR count). The van der Waals surface area contributed by atoms with E-state index in [1.807, 2.05) is 49.4 Å². The zero-order valence-corrected chi connectivity index (χ0v) is 11.7. The van der Waals surface area contributed by atoms with Crippen LogP contribution in [0.3, 0.4) is 0 Å². The Bertz CT molecular complexity index is 552. The molecule has 0 heterocycles. The summed E-state index contributed by atoms with van der Waals surface area (Å²) in [5.41, 5.74) is 9.63. The van der Waals surface area contributed by atoms with Crippen LogP contribution >= 0.6 is 23.2 Å². The fourth-order valence-electron chi connectivity index (χ4n) is 2.08.